The van der Waals surface area contributed by atoms with Gasteiger partial charge >= 0.3 is 0 Å². The maximum Gasteiger partial charge on any atom is 0.242 e. The summed E-state index contributed by atoms with van der Waals surface area (Å²) in [5.41, 5.74) is 1.85. The minimum absolute atomic E-state index is 0.0411. The predicted molar refractivity (Wildman–Crippen MR) is 93.2 cm³/mol. The van der Waals surface area contributed by atoms with Crippen LogP contribution in [-0.2, 0) is 11.3 Å². The van der Waals surface area contributed by atoms with Gasteiger partial charge in [0.15, 0.2) is 0 Å². The number of rotatable bonds is 6. The number of amides is 1. The number of nitrogens with one attached hydrogen (secondary N) is 1. The van der Waals surface area contributed by atoms with E-state index in [1.54, 1.807) is 12.1 Å². The Balaban J connectivity index is 1.80. The van der Waals surface area contributed by atoms with Gasteiger partial charge in [0.1, 0.15) is 11.9 Å². The lowest BCUT2D eigenvalue weighted by Crippen LogP contribution is -2.39. The van der Waals surface area contributed by atoms with Gasteiger partial charge < -0.3 is 5.32 Å². The van der Waals surface area contributed by atoms with E-state index in [9.17, 15) is 9.18 Å². The van der Waals surface area contributed by atoms with Crippen molar-refractivity contribution in [3.63, 3.8) is 0 Å². The standard InChI is InChI=1S/C19H20ClFN2O/c1-23(12-13-2-6-15(20)7-3-13)18(19(24)22-17-10-11-17)14-4-8-16(21)9-5-14/h2-9,17-18H,10-12H2,1H3,(H,22,24)/t18-/m0/s1. The van der Waals surface area contributed by atoms with E-state index >= 15 is 0 Å². The Morgan fingerprint density at radius 2 is 1.83 bits per heavy atom. The summed E-state index contributed by atoms with van der Waals surface area (Å²) in [7, 11) is 1.90. The van der Waals surface area contributed by atoms with Gasteiger partial charge in [-0.2, -0.15) is 0 Å². The number of nitrogens with zero attached hydrogens (tertiary/aromatic N) is 1. The first-order valence-corrected chi connectivity index (χ1v) is 8.41. The molecule has 126 valence electrons. The van der Waals surface area contributed by atoms with E-state index in [0.29, 0.717) is 11.6 Å². The number of halogens is 2. The molecule has 1 amide bonds. The molecular weight excluding hydrogens is 327 g/mol. The van der Waals surface area contributed by atoms with E-state index < -0.39 is 6.04 Å². The van der Waals surface area contributed by atoms with Gasteiger partial charge in [-0.25, -0.2) is 4.39 Å². The van der Waals surface area contributed by atoms with Gasteiger partial charge in [0.05, 0.1) is 0 Å². The van der Waals surface area contributed by atoms with E-state index in [1.807, 2.05) is 36.2 Å². The quantitative estimate of drug-likeness (QED) is 0.859. The second-order valence-corrected chi connectivity index (χ2v) is 6.71. The smallest absolute Gasteiger partial charge is 0.242 e. The van der Waals surface area contributed by atoms with E-state index in [1.165, 1.54) is 12.1 Å². The molecule has 0 aliphatic heterocycles. The van der Waals surface area contributed by atoms with Gasteiger partial charge in [-0.3, -0.25) is 9.69 Å². The average Bonchev–Trinajstić information content (AvgIpc) is 3.36. The summed E-state index contributed by atoms with van der Waals surface area (Å²) in [5, 5.41) is 3.73. The molecule has 0 bridgehead atoms. The van der Waals surface area contributed by atoms with E-state index in [-0.39, 0.29) is 17.8 Å². The number of likely N-dealkylation sites (N-methyl/N-ethyl adjacent to an activating group) is 1. The topological polar surface area (TPSA) is 32.3 Å². The Morgan fingerprint density at radius 3 is 2.42 bits per heavy atom. The first kappa shape index (κ1) is 16.9. The Bertz CT molecular complexity index is 698. The van der Waals surface area contributed by atoms with Crippen molar-refractivity contribution in [1.29, 1.82) is 0 Å². The normalized spacial score (nSPS) is 15.3. The maximum absolute atomic E-state index is 13.2. The number of carbonyl (C=O) groups excluding carboxylic acids is 1. The zero-order valence-corrected chi connectivity index (χ0v) is 14.3. The third kappa shape index (κ3) is 4.34. The Kier molecular flexibility index (Phi) is 5.17. The molecule has 2 aromatic rings. The largest absolute Gasteiger partial charge is 0.352 e. The molecule has 1 aliphatic rings. The second-order valence-electron chi connectivity index (χ2n) is 6.28. The Hall–Kier alpha value is -1.91. The van der Waals surface area contributed by atoms with Crippen LogP contribution in [0.1, 0.15) is 30.0 Å². The van der Waals surface area contributed by atoms with Gasteiger partial charge in [-0.15, -0.1) is 0 Å². The van der Waals surface area contributed by atoms with E-state index in [0.717, 1.165) is 24.0 Å². The molecule has 1 atom stereocenters. The van der Waals surface area contributed by atoms with Crippen LogP contribution >= 0.6 is 11.6 Å². The first-order valence-electron chi connectivity index (χ1n) is 8.03. The predicted octanol–water partition coefficient (Wildman–Crippen LogP) is 3.93. The van der Waals surface area contributed by atoms with Crippen LogP contribution < -0.4 is 5.32 Å². The van der Waals surface area contributed by atoms with E-state index in [2.05, 4.69) is 5.32 Å². The van der Waals surface area contributed by atoms with Crippen LogP contribution in [0.4, 0.5) is 4.39 Å². The number of hydrogen-bond acceptors (Lipinski definition) is 2. The molecule has 0 saturated heterocycles. The van der Waals surface area contributed by atoms with Crippen molar-refractivity contribution in [2.75, 3.05) is 7.05 Å². The Morgan fingerprint density at radius 1 is 1.21 bits per heavy atom. The molecule has 3 nitrogen and oxygen atoms in total. The molecule has 0 radical (unpaired) electrons. The van der Waals surface area contributed by atoms with Gasteiger partial charge in [0.25, 0.3) is 0 Å². The summed E-state index contributed by atoms with van der Waals surface area (Å²) in [5.74, 6) is -0.346. The Labute approximate surface area is 146 Å². The fourth-order valence-electron chi connectivity index (χ4n) is 2.73. The molecular formula is C19H20ClFN2O. The summed E-state index contributed by atoms with van der Waals surface area (Å²) >= 11 is 5.92. The van der Waals surface area contributed by atoms with Crippen molar-refractivity contribution in [2.24, 2.45) is 0 Å². The first-order chi connectivity index (χ1) is 11.5. The van der Waals surface area contributed by atoms with Crippen molar-refractivity contribution in [2.45, 2.75) is 31.5 Å². The zero-order valence-electron chi connectivity index (χ0n) is 13.5. The molecule has 0 heterocycles. The third-order valence-electron chi connectivity index (χ3n) is 4.14. The van der Waals surface area contributed by atoms with Crippen LogP contribution in [0.3, 0.4) is 0 Å². The summed E-state index contributed by atoms with van der Waals surface area (Å²) in [6.45, 7) is 0.595. The lowest BCUT2D eigenvalue weighted by atomic mass is 10.0. The van der Waals surface area contributed by atoms with Crippen molar-refractivity contribution < 1.29 is 9.18 Å². The second kappa shape index (κ2) is 7.32. The number of benzene rings is 2. The monoisotopic (exact) mass is 346 g/mol. The molecule has 1 N–H and O–H groups in total. The SMILES string of the molecule is CN(Cc1ccc(Cl)cc1)[C@H](C(=O)NC1CC1)c1ccc(F)cc1. The molecule has 2 aromatic carbocycles. The molecule has 24 heavy (non-hydrogen) atoms. The fraction of sp³-hybridized carbons (Fsp3) is 0.316. The molecule has 0 aromatic heterocycles. The zero-order chi connectivity index (χ0) is 17.1. The van der Waals surface area contributed by atoms with Gasteiger partial charge in [-0.05, 0) is 55.3 Å². The van der Waals surface area contributed by atoms with Crippen LogP contribution in [0.25, 0.3) is 0 Å². The molecule has 3 rings (SSSR count). The lowest BCUT2D eigenvalue weighted by Gasteiger charge is -2.27. The van der Waals surface area contributed by atoms with Gasteiger partial charge in [0, 0.05) is 17.6 Å². The highest BCUT2D eigenvalue weighted by Crippen LogP contribution is 2.25. The van der Waals surface area contributed by atoms with E-state index in [4.69, 9.17) is 11.6 Å². The minimum atomic E-state index is -0.457. The van der Waals surface area contributed by atoms with Gasteiger partial charge in [0.2, 0.25) is 5.91 Å². The van der Waals surface area contributed by atoms with Crippen LogP contribution in [0, 0.1) is 5.82 Å². The van der Waals surface area contributed by atoms with Crippen LogP contribution in [-0.4, -0.2) is 23.9 Å². The van der Waals surface area contributed by atoms with Crippen LogP contribution in [0.5, 0.6) is 0 Å². The highest BCUT2D eigenvalue weighted by Gasteiger charge is 2.30. The summed E-state index contributed by atoms with van der Waals surface area (Å²) in [6.07, 6.45) is 2.06. The number of carbonyl (C=O) groups is 1. The fourth-order valence-corrected chi connectivity index (χ4v) is 2.85. The van der Waals surface area contributed by atoms with Gasteiger partial charge in [-0.1, -0.05) is 35.9 Å². The van der Waals surface area contributed by atoms with Crippen LogP contribution in [0.15, 0.2) is 48.5 Å². The van der Waals surface area contributed by atoms with Crippen LogP contribution in [0.2, 0.25) is 5.02 Å². The number of hydrogen-bond donors (Lipinski definition) is 1. The summed E-state index contributed by atoms with van der Waals surface area (Å²) in [6, 6.07) is 13.5. The van der Waals surface area contributed by atoms with Crippen molar-refractivity contribution in [3.8, 4) is 0 Å². The molecule has 5 heteroatoms. The van der Waals surface area contributed by atoms with Crippen molar-refractivity contribution >= 4 is 17.5 Å². The highest BCUT2D eigenvalue weighted by atomic mass is 35.5. The third-order valence-corrected chi connectivity index (χ3v) is 4.40. The minimum Gasteiger partial charge on any atom is -0.352 e. The molecule has 0 unspecified atom stereocenters. The summed E-state index contributed by atoms with van der Waals surface area (Å²) in [4.78, 5) is 14.7. The lowest BCUT2D eigenvalue weighted by molar-refractivity contribution is -0.126. The summed E-state index contributed by atoms with van der Waals surface area (Å²) < 4.78 is 13.2. The molecule has 1 saturated carbocycles. The molecule has 0 spiro atoms. The van der Waals surface area contributed by atoms with Crippen molar-refractivity contribution in [1.82, 2.24) is 10.2 Å². The highest BCUT2D eigenvalue weighted by molar-refractivity contribution is 6.30. The van der Waals surface area contributed by atoms with Crippen molar-refractivity contribution in [3.05, 3.63) is 70.5 Å². The average molecular weight is 347 g/mol. The molecule has 1 aliphatic carbocycles. The molecule has 1 fully saturated rings. The maximum atomic E-state index is 13.2.